The summed E-state index contributed by atoms with van der Waals surface area (Å²) in [6.07, 6.45) is 11.1. The minimum absolute atomic E-state index is 0.0436. The fourth-order valence-electron chi connectivity index (χ4n) is 7.24. The molecule has 6 heterocycles. The number of rotatable bonds is 10. The Morgan fingerprint density at radius 1 is 0.656 bits per heavy atom. The average molecular weight is 845 g/mol. The van der Waals surface area contributed by atoms with Gasteiger partial charge in [0.05, 0.1) is 27.4 Å². The summed E-state index contributed by atoms with van der Waals surface area (Å²) in [5, 5.41) is 6.13. The fourth-order valence-corrected chi connectivity index (χ4v) is 7.49. The highest BCUT2D eigenvalue weighted by Crippen LogP contribution is 2.30. The number of nitrogens with one attached hydrogen (secondary N) is 1. The third-order valence-corrected chi connectivity index (χ3v) is 11.3. The number of hydrogen-bond acceptors (Lipinski definition) is 10. The van der Waals surface area contributed by atoms with E-state index in [0.29, 0.717) is 54.4 Å². The molecule has 2 aliphatic heterocycles. The second-order valence-corrected chi connectivity index (χ2v) is 15.3. The number of fused-ring (bicyclic) bond motifs is 2. The van der Waals surface area contributed by atoms with Crippen LogP contribution in [0.5, 0.6) is 0 Å². The molecular weight excluding hydrogens is 788 g/mol. The summed E-state index contributed by atoms with van der Waals surface area (Å²) >= 11 is 6.33. The Morgan fingerprint density at radius 2 is 1.10 bits per heavy atom. The summed E-state index contributed by atoms with van der Waals surface area (Å²) in [5.74, 6) is 0.105. The predicted molar refractivity (Wildman–Crippen MR) is 245 cm³/mol. The third kappa shape index (κ3) is 11.9. The van der Waals surface area contributed by atoms with Gasteiger partial charge in [-0.05, 0) is 102 Å². The smallest absolute Gasteiger partial charge is 0.253 e. The van der Waals surface area contributed by atoms with Gasteiger partial charge in [0, 0.05) is 128 Å². The molecule has 0 radical (unpaired) electrons. The number of nitrogens with zero attached hydrogens (tertiary/aromatic N) is 6. The zero-order valence-electron chi connectivity index (χ0n) is 35.6. The summed E-state index contributed by atoms with van der Waals surface area (Å²) in [6, 6.07) is 23.7. The van der Waals surface area contributed by atoms with Crippen LogP contribution < -0.4 is 11.1 Å². The van der Waals surface area contributed by atoms with Crippen molar-refractivity contribution in [1.29, 1.82) is 0 Å². The van der Waals surface area contributed by atoms with E-state index in [-0.39, 0.29) is 11.8 Å². The Bertz CT molecular complexity index is 2340. The van der Waals surface area contributed by atoms with Crippen molar-refractivity contribution in [3.05, 3.63) is 114 Å². The fraction of sp³-hybridized carbons (Fsp3) is 0.375. The number of aromatic nitrogens is 4. The molecule has 2 amide bonds. The number of nitrogens with two attached hydrogens (primary N) is 1. The van der Waals surface area contributed by atoms with Crippen LogP contribution in [0.2, 0.25) is 5.02 Å². The van der Waals surface area contributed by atoms with Crippen molar-refractivity contribution in [3.8, 4) is 22.5 Å². The van der Waals surface area contributed by atoms with Gasteiger partial charge in [0.2, 0.25) is 0 Å². The average Bonchev–Trinajstić information content (AvgIpc) is 3.31. The molecule has 12 nitrogen and oxygen atoms in total. The van der Waals surface area contributed by atoms with Gasteiger partial charge in [-0.3, -0.25) is 19.6 Å². The van der Waals surface area contributed by atoms with E-state index in [1.54, 1.807) is 23.5 Å². The monoisotopic (exact) mass is 844 g/mol. The molecule has 13 heteroatoms. The summed E-state index contributed by atoms with van der Waals surface area (Å²) in [6.45, 7) is 14.1. The van der Waals surface area contributed by atoms with Gasteiger partial charge in [0.1, 0.15) is 0 Å². The number of anilines is 1. The molecule has 2 saturated heterocycles. The van der Waals surface area contributed by atoms with Crippen LogP contribution >= 0.6 is 11.6 Å². The molecule has 2 aromatic carbocycles. The van der Waals surface area contributed by atoms with Crippen LogP contribution in [0.15, 0.2) is 97.6 Å². The number of hydrogen-bond donors (Lipinski definition) is 2. The first-order valence-electron chi connectivity index (χ1n) is 21.3. The molecule has 61 heavy (non-hydrogen) atoms. The molecule has 0 spiro atoms. The molecular formula is C48H57ClN8O4. The highest BCUT2D eigenvalue weighted by Gasteiger charge is 2.18. The Kier molecular flexibility index (Phi) is 16.5. The molecule has 320 valence electrons. The van der Waals surface area contributed by atoms with E-state index in [9.17, 15) is 9.59 Å². The Labute approximate surface area is 363 Å². The van der Waals surface area contributed by atoms with E-state index in [1.807, 2.05) is 106 Å². The zero-order valence-corrected chi connectivity index (χ0v) is 36.4. The minimum atomic E-state index is 0.0436. The lowest BCUT2D eigenvalue weighted by Crippen LogP contribution is -2.30. The van der Waals surface area contributed by atoms with Crippen LogP contribution in [0.4, 0.5) is 5.69 Å². The van der Waals surface area contributed by atoms with E-state index in [2.05, 4.69) is 26.3 Å². The molecule has 2 aliphatic rings. The Balaban J connectivity index is 0.000000179. The summed E-state index contributed by atoms with van der Waals surface area (Å²) in [5.41, 5.74) is 13.2. The van der Waals surface area contributed by atoms with Crippen molar-refractivity contribution in [2.75, 3.05) is 57.9 Å². The first kappa shape index (κ1) is 45.0. The van der Waals surface area contributed by atoms with Crippen LogP contribution in [-0.2, 0) is 9.47 Å². The quantitative estimate of drug-likeness (QED) is 0.137. The van der Waals surface area contributed by atoms with Crippen LogP contribution in [0.1, 0.15) is 74.1 Å². The number of amides is 2. The lowest BCUT2D eigenvalue weighted by molar-refractivity contribution is 0.0765. The highest BCUT2D eigenvalue weighted by atomic mass is 35.5. The van der Waals surface area contributed by atoms with E-state index < -0.39 is 0 Å². The molecule has 0 unspecified atom stereocenters. The minimum Gasteiger partial charge on any atom is -0.381 e. The molecule has 6 aromatic rings. The van der Waals surface area contributed by atoms with Gasteiger partial charge < -0.3 is 30.3 Å². The molecule has 4 aromatic heterocycles. The maximum Gasteiger partial charge on any atom is 0.253 e. The second-order valence-electron chi connectivity index (χ2n) is 14.9. The van der Waals surface area contributed by atoms with Crippen molar-refractivity contribution in [1.82, 2.24) is 29.7 Å². The first-order valence-corrected chi connectivity index (χ1v) is 21.7. The van der Waals surface area contributed by atoms with Crippen LogP contribution in [-0.4, -0.2) is 106 Å². The molecule has 0 saturated carbocycles. The van der Waals surface area contributed by atoms with E-state index in [4.69, 9.17) is 31.8 Å². The standard InChI is InChI=1S/C24H28N4O2.C19H18ClN3O.C5H11NO/c1-3-28(4-2)24(29)18-7-5-17(6-8-18)22-15-23(26-19-10-13-30-14-11-19)20-16-25-12-9-21(20)27-22;1-3-23(4-2)19(24)14-7-5-13(6-8-14)18-11-16(20)15-12-21-10-9-17(15)22-18;6-5-1-3-7-4-2-5/h5-9,12,15-16,19H,3-4,10-11,13-14H2,1-2H3,(H,26,27);5-12H,3-4H2,1-2H3;5H,1-4,6H2. The number of carbonyl (C=O) groups is 2. The maximum absolute atomic E-state index is 12.6. The summed E-state index contributed by atoms with van der Waals surface area (Å²) in [7, 11) is 0. The van der Waals surface area contributed by atoms with Crippen molar-refractivity contribution in [3.63, 3.8) is 0 Å². The lowest BCUT2D eigenvalue weighted by Gasteiger charge is -2.25. The Hall–Kier alpha value is -5.53. The number of ether oxygens (including phenoxy) is 2. The van der Waals surface area contributed by atoms with Crippen LogP contribution in [0, 0.1) is 0 Å². The summed E-state index contributed by atoms with van der Waals surface area (Å²) in [4.78, 5) is 46.4. The number of benzene rings is 2. The van der Waals surface area contributed by atoms with Gasteiger partial charge in [-0.1, -0.05) is 35.9 Å². The third-order valence-electron chi connectivity index (χ3n) is 11.0. The maximum atomic E-state index is 12.6. The van der Waals surface area contributed by atoms with Crippen molar-refractivity contribution in [2.45, 2.75) is 65.5 Å². The van der Waals surface area contributed by atoms with Gasteiger partial charge in [-0.15, -0.1) is 0 Å². The molecule has 0 aliphatic carbocycles. The predicted octanol–water partition coefficient (Wildman–Crippen LogP) is 8.93. The van der Waals surface area contributed by atoms with Crippen LogP contribution in [0.3, 0.4) is 0 Å². The van der Waals surface area contributed by atoms with Crippen molar-refractivity contribution >= 4 is 50.9 Å². The Morgan fingerprint density at radius 3 is 1.56 bits per heavy atom. The van der Waals surface area contributed by atoms with Crippen molar-refractivity contribution in [2.24, 2.45) is 5.73 Å². The van der Waals surface area contributed by atoms with Gasteiger partial charge in [0.15, 0.2) is 0 Å². The normalized spacial score (nSPS) is 14.3. The molecule has 8 rings (SSSR count). The first-order chi connectivity index (χ1) is 29.7. The lowest BCUT2D eigenvalue weighted by atomic mass is 10.0. The molecule has 3 N–H and O–H groups in total. The van der Waals surface area contributed by atoms with Crippen LogP contribution in [0.25, 0.3) is 44.3 Å². The highest BCUT2D eigenvalue weighted by molar-refractivity contribution is 6.35. The number of pyridine rings is 4. The number of halogens is 1. The van der Waals surface area contributed by atoms with Crippen molar-refractivity contribution < 1.29 is 19.1 Å². The van der Waals surface area contributed by atoms with Gasteiger partial charge in [0.25, 0.3) is 11.8 Å². The zero-order chi connectivity index (χ0) is 43.1. The summed E-state index contributed by atoms with van der Waals surface area (Å²) < 4.78 is 10.5. The SMILES string of the molecule is CCN(CC)C(=O)c1ccc(-c2cc(Cl)c3cnccc3n2)cc1.CCN(CC)C(=O)c1ccc(-c2cc(NC3CCOCC3)c3cnccc3n2)cc1.NC1CCOCC1. The molecule has 2 fully saturated rings. The van der Waals surface area contributed by atoms with Gasteiger partial charge >= 0.3 is 0 Å². The van der Waals surface area contributed by atoms with Gasteiger partial charge in [-0.25, -0.2) is 9.97 Å². The largest absolute Gasteiger partial charge is 0.381 e. The van der Waals surface area contributed by atoms with Gasteiger partial charge in [-0.2, -0.15) is 0 Å². The molecule has 0 atom stereocenters. The molecule has 0 bridgehead atoms. The van der Waals surface area contributed by atoms with E-state index in [0.717, 1.165) is 102 Å². The van der Waals surface area contributed by atoms with E-state index >= 15 is 0 Å². The number of carbonyl (C=O) groups excluding carboxylic acids is 2. The second kappa shape index (κ2) is 22.4. The topological polar surface area (TPSA) is 149 Å². The van der Waals surface area contributed by atoms with E-state index in [1.165, 1.54) is 0 Å².